The van der Waals surface area contributed by atoms with Gasteiger partial charge in [0.25, 0.3) is 0 Å². The number of imide groups is 1. The number of hydrogen-bond donors (Lipinski definition) is 2. The van der Waals surface area contributed by atoms with Crippen molar-refractivity contribution in [2.24, 2.45) is 5.92 Å². The zero-order chi connectivity index (χ0) is 39.1. The SMILES string of the molecule is O=C(NC(=O)C1CCCC1)N[C@H](c1ccccc1)[C@H](c1ccccc1)N1CCN(C(=O)Cn2cc(CN3CCN(c4ccc(C(F)(F)F)cc4)CC3)nn2)CC1. The molecule has 1 saturated carbocycles. The molecule has 1 aromatic heterocycles. The van der Waals surface area contributed by atoms with Crippen molar-refractivity contribution in [3.8, 4) is 0 Å². The topological polar surface area (TPSA) is 119 Å². The number of carbonyl (C=O) groups excluding carboxylic acids is 3. The molecule has 3 heterocycles. The summed E-state index contributed by atoms with van der Waals surface area (Å²) in [6.07, 6.45) is 1.02. The van der Waals surface area contributed by atoms with E-state index in [9.17, 15) is 27.6 Å². The van der Waals surface area contributed by atoms with Crippen LogP contribution in [0.2, 0.25) is 0 Å². The molecule has 0 radical (unpaired) electrons. The summed E-state index contributed by atoms with van der Waals surface area (Å²) in [5.41, 5.74) is 2.77. The minimum absolute atomic E-state index is 0.0558. The molecule has 15 heteroatoms. The van der Waals surface area contributed by atoms with E-state index in [0.29, 0.717) is 58.9 Å². The molecule has 12 nitrogen and oxygen atoms in total. The number of hydrogen-bond acceptors (Lipinski definition) is 8. The fraction of sp³-hybridized carbons (Fsp3) is 0.439. The van der Waals surface area contributed by atoms with E-state index in [-0.39, 0.29) is 30.3 Å². The van der Waals surface area contributed by atoms with Gasteiger partial charge in [0.15, 0.2) is 0 Å². The minimum atomic E-state index is -4.36. The summed E-state index contributed by atoms with van der Waals surface area (Å²) < 4.78 is 40.5. The van der Waals surface area contributed by atoms with Crippen LogP contribution in [-0.2, 0) is 28.9 Å². The first-order valence-electron chi connectivity index (χ1n) is 19.4. The van der Waals surface area contributed by atoms with E-state index in [4.69, 9.17) is 0 Å². The Morgan fingerprint density at radius 1 is 0.768 bits per heavy atom. The number of amides is 4. The van der Waals surface area contributed by atoms with Crippen molar-refractivity contribution < 1.29 is 27.6 Å². The lowest BCUT2D eigenvalue weighted by Crippen LogP contribution is -2.53. The van der Waals surface area contributed by atoms with Crippen molar-refractivity contribution in [3.63, 3.8) is 0 Å². The Kier molecular flexibility index (Phi) is 12.3. The van der Waals surface area contributed by atoms with Gasteiger partial charge >= 0.3 is 12.2 Å². The molecule has 1 aliphatic carbocycles. The van der Waals surface area contributed by atoms with Crippen LogP contribution in [0.4, 0.5) is 23.7 Å². The number of aromatic nitrogens is 3. The summed E-state index contributed by atoms with van der Waals surface area (Å²) in [6.45, 7) is 5.49. The lowest BCUT2D eigenvalue weighted by Gasteiger charge is -2.42. The Labute approximate surface area is 324 Å². The smallest absolute Gasteiger partial charge is 0.369 e. The zero-order valence-corrected chi connectivity index (χ0v) is 31.3. The molecule has 56 heavy (non-hydrogen) atoms. The molecule has 2 aliphatic heterocycles. The summed E-state index contributed by atoms with van der Waals surface area (Å²) in [5.74, 6) is -0.430. The summed E-state index contributed by atoms with van der Waals surface area (Å²) >= 11 is 0. The number of halogens is 3. The highest BCUT2D eigenvalue weighted by Gasteiger charge is 2.35. The maximum Gasteiger partial charge on any atom is 0.416 e. The van der Waals surface area contributed by atoms with E-state index in [1.54, 1.807) is 10.9 Å². The summed E-state index contributed by atoms with van der Waals surface area (Å²) in [4.78, 5) is 48.2. The third-order valence-electron chi connectivity index (χ3n) is 11.1. The Balaban J connectivity index is 0.939. The van der Waals surface area contributed by atoms with Gasteiger partial charge in [-0.05, 0) is 48.2 Å². The molecule has 0 unspecified atom stereocenters. The third kappa shape index (κ3) is 9.74. The third-order valence-corrected chi connectivity index (χ3v) is 11.1. The van der Waals surface area contributed by atoms with E-state index in [1.807, 2.05) is 65.6 Å². The van der Waals surface area contributed by atoms with Gasteiger partial charge in [-0.25, -0.2) is 9.48 Å². The van der Waals surface area contributed by atoms with Crippen LogP contribution in [0.15, 0.2) is 91.1 Å². The molecule has 0 bridgehead atoms. The summed E-state index contributed by atoms with van der Waals surface area (Å²) in [7, 11) is 0. The predicted octanol–water partition coefficient (Wildman–Crippen LogP) is 5.26. The normalized spacial score (nSPS) is 18.4. The number of alkyl halides is 3. The minimum Gasteiger partial charge on any atom is -0.369 e. The van der Waals surface area contributed by atoms with Gasteiger partial charge in [-0.1, -0.05) is 78.7 Å². The van der Waals surface area contributed by atoms with Crippen LogP contribution >= 0.6 is 0 Å². The van der Waals surface area contributed by atoms with Gasteiger partial charge in [-0.3, -0.25) is 24.7 Å². The van der Waals surface area contributed by atoms with Crippen LogP contribution in [0.3, 0.4) is 0 Å². The number of benzene rings is 3. The molecule has 7 rings (SSSR count). The molecular formula is C41H48F3N9O3. The Hall–Kier alpha value is -5.28. The number of nitrogens with zero attached hydrogens (tertiary/aromatic N) is 7. The zero-order valence-electron chi connectivity index (χ0n) is 31.3. The molecule has 3 fully saturated rings. The van der Waals surface area contributed by atoms with Crippen molar-refractivity contribution in [2.75, 3.05) is 57.3 Å². The first-order chi connectivity index (χ1) is 27.1. The molecule has 3 aliphatic rings. The van der Waals surface area contributed by atoms with E-state index in [0.717, 1.165) is 60.3 Å². The van der Waals surface area contributed by atoms with Gasteiger partial charge in [-0.2, -0.15) is 13.2 Å². The summed E-state index contributed by atoms with van der Waals surface area (Å²) in [6, 6.07) is 23.8. The van der Waals surface area contributed by atoms with Gasteiger partial charge in [0.05, 0.1) is 29.5 Å². The lowest BCUT2D eigenvalue weighted by atomic mass is 9.91. The Bertz CT molecular complexity index is 1900. The Morgan fingerprint density at radius 3 is 2.02 bits per heavy atom. The highest BCUT2D eigenvalue weighted by atomic mass is 19.4. The van der Waals surface area contributed by atoms with Gasteiger partial charge in [0, 0.05) is 70.5 Å². The average Bonchev–Trinajstić information content (AvgIpc) is 3.92. The van der Waals surface area contributed by atoms with Crippen molar-refractivity contribution >= 4 is 23.5 Å². The fourth-order valence-electron chi connectivity index (χ4n) is 8.08. The number of piperazine rings is 2. The van der Waals surface area contributed by atoms with Gasteiger partial charge in [0.1, 0.15) is 6.54 Å². The van der Waals surface area contributed by atoms with Crippen LogP contribution in [0.25, 0.3) is 0 Å². The van der Waals surface area contributed by atoms with Crippen LogP contribution in [-0.4, -0.2) is 99.9 Å². The van der Waals surface area contributed by atoms with Crippen LogP contribution in [0.1, 0.15) is 60.2 Å². The van der Waals surface area contributed by atoms with Crippen molar-refractivity contribution in [1.29, 1.82) is 0 Å². The largest absolute Gasteiger partial charge is 0.416 e. The quantitative estimate of drug-likeness (QED) is 0.212. The highest BCUT2D eigenvalue weighted by molar-refractivity contribution is 5.95. The lowest BCUT2D eigenvalue weighted by molar-refractivity contribution is -0.137. The molecule has 2 saturated heterocycles. The standard InChI is InChI=1S/C41H48F3N9O3/c42-41(43,44)33-15-17-35(18-16-33)50-21-19-49(20-22-50)27-34-28-53(48-47-34)29-36(54)51-23-25-52(26-24-51)38(31-11-5-2-6-12-31)37(30-9-3-1-4-10-30)45-40(56)46-39(55)32-13-7-8-14-32/h1-6,9-12,15-18,28,32,37-38H,7-8,13-14,19-27,29H2,(H2,45,46,55,56)/t37-,38+/m1/s1. The van der Waals surface area contributed by atoms with Crippen LogP contribution in [0, 0.1) is 5.92 Å². The molecule has 4 aromatic rings. The van der Waals surface area contributed by atoms with E-state index in [1.165, 1.54) is 12.1 Å². The fourth-order valence-corrected chi connectivity index (χ4v) is 8.08. The average molecular weight is 772 g/mol. The number of nitrogens with one attached hydrogen (secondary N) is 2. The van der Waals surface area contributed by atoms with E-state index >= 15 is 0 Å². The molecule has 0 spiro atoms. The van der Waals surface area contributed by atoms with Crippen LogP contribution in [0.5, 0.6) is 0 Å². The van der Waals surface area contributed by atoms with Gasteiger partial charge in [0.2, 0.25) is 11.8 Å². The maximum absolute atomic E-state index is 13.5. The molecule has 2 N–H and O–H groups in total. The first-order valence-corrected chi connectivity index (χ1v) is 19.4. The van der Waals surface area contributed by atoms with Crippen LogP contribution < -0.4 is 15.5 Å². The van der Waals surface area contributed by atoms with Crippen molar-refractivity contribution in [2.45, 2.75) is 57.0 Å². The number of urea groups is 1. The summed E-state index contributed by atoms with van der Waals surface area (Å²) in [5, 5.41) is 14.3. The predicted molar refractivity (Wildman–Crippen MR) is 204 cm³/mol. The van der Waals surface area contributed by atoms with Crippen molar-refractivity contribution in [1.82, 2.24) is 40.3 Å². The second kappa shape index (κ2) is 17.7. The second-order valence-electron chi connectivity index (χ2n) is 14.8. The van der Waals surface area contributed by atoms with E-state index < -0.39 is 23.8 Å². The monoisotopic (exact) mass is 771 g/mol. The number of carbonyl (C=O) groups is 3. The Morgan fingerprint density at radius 2 is 1.39 bits per heavy atom. The molecule has 2 atom stereocenters. The highest BCUT2D eigenvalue weighted by Crippen LogP contribution is 2.35. The van der Waals surface area contributed by atoms with Crippen molar-refractivity contribution in [3.05, 3.63) is 114 Å². The van der Waals surface area contributed by atoms with Gasteiger partial charge in [-0.15, -0.1) is 5.10 Å². The number of anilines is 1. The maximum atomic E-state index is 13.5. The molecule has 3 aromatic carbocycles. The molecule has 4 amide bonds. The van der Waals surface area contributed by atoms with Gasteiger partial charge < -0.3 is 15.1 Å². The first kappa shape index (κ1) is 39.0. The number of rotatable bonds is 11. The second-order valence-corrected chi connectivity index (χ2v) is 14.8. The molecule has 296 valence electrons. The molecular weight excluding hydrogens is 724 g/mol. The van der Waals surface area contributed by atoms with E-state index in [2.05, 4.69) is 35.6 Å².